The minimum atomic E-state index is -1.91. The third kappa shape index (κ3) is 41.0. The molecule has 0 amide bonds. The minimum absolute atomic E-state index is 0.0521. The zero-order valence-corrected chi connectivity index (χ0v) is 47.3. The molecular weight excluding hydrogens is 949 g/mol. The highest BCUT2D eigenvalue weighted by Gasteiger charge is 2.50. The van der Waals surface area contributed by atoms with Crippen LogP contribution in [0.3, 0.4) is 0 Å². The van der Waals surface area contributed by atoms with Gasteiger partial charge in [-0.1, -0.05) is 203 Å². The number of carbonyl (C=O) groups is 4. The standard InChI is InChI=1S/C63H106O12/c1-4-7-10-13-16-19-22-24-26-27-28-29-31-33-36-39-42-45-48-51-57(66)74-61-59(68)58(67)60(62(69)70)75-63(61)72-53-54(73-56(65)50-47-44-41-38-34-21-18-15-12-9-6-3)52-71-55(64)49-46-43-40-37-35-32-30-25-23-20-17-14-11-8-5-2/h8,11,15,17-18,20,24-26,30,35,37,54,58-61,63,67-68H,4-7,9-10,12-14,16,19,21-23,27-29,31-34,36,38-53H2,1-3H3,(H,69,70)/b11-8-,18-15-,20-17-,26-24-,30-25-,37-35-. The number of aliphatic hydroxyl groups is 2. The van der Waals surface area contributed by atoms with Gasteiger partial charge in [0.15, 0.2) is 24.6 Å². The van der Waals surface area contributed by atoms with Gasteiger partial charge < -0.3 is 39.0 Å². The quantitative estimate of drug-likeness (QED) is 0.0228. The molecule has 0 aromatic heterocycles. The lowest BCUT2D eigenvalue weighted by atomic mass is 9.98. The Hall–Kier alpha value is -3.84. The van der Waals surface area contributed by atoms with Crippen molar-refractivity contribution in [2.45, 2.75) is 289 Å². The topological polar surface area (TPSA) is 175 Å². The summed E-state index contributed by atoms with van der Waals surface area (Å²) in [6, 6.07) is 0. The summed E-state index contributed by atoms with van der Waals surface area (Å²) in [6.45, 7) is 5.79. The summed E-state index contributed by atoms with van der Waals surface area (Å²) >= 11 is 0. The van der Waals surface area contributed by atoms with Gasteiger partial charge in [-0.25, -0.2) is 4.79 Å². The van der Waals surface area contributed by atoms with Gasteiger partial charge in [-0.15, -0.1) is 0 Å². The molecule has 3 N–H and O–H groups in total. The van der Waals surface area contributed by atoms with Crippen LogP contribution in [0.5, 0.6) is 0 Å². The molecule has 0 bridgehead atoms. The van der Waals surface area contributed by atoms with Crippen molar-refractivity contribution in [3.05, 3.63) is 72.9 Å². The van der Waals surface area contributed by atoms with Crippen LogP contribution in [0.1, 0.15) is 252 Å². The second-order valence-electron chi connectivity index (χ2n) is 20.2. The van der Waals surface area contributed by atoms with Gasteiger partial charge in [-0.3, -0.25) is 14.4 Å². The van der Waals surface area contributed by atoms with E-state index in [9.17, 15) is 34.5 Å². The molecule has 1 fully saturated rings. The smallest absolute Gasteiger partial charge is 0.335 e. The molecule has 6 atom stereocenters. The number of unbranched alkanes of at least 4 members (excludes halogenated alkanes) is 24. The van der Waals surface area contributed by atoms with Crippen LogP contribution in [0.25, 0.3) is 0 Å². The van der Waals surface area contributed by atoms with Gasteiger partial charge in [0.05, 0.1) is 6.61 Å². The molecule has 1 rings (SSSR count). The van der Waals surface area contributed by atoms with E-state index >= 15 is 0 Å². The van der Waals surface area contributed by atoms with Gasteiger partial charge in [-0.05, 0) is 103 Å². The lowest BCUT2D eigenvalue weighted by Gasteiger charge is -2.40. The van der Waals surface area contributed by atoms with Crippen LogP contribution in [-0.2, 0) is 42.9 Å². The highest BCUT2D eigenvalue weighted by atomic mass is 16.7. The molecule has 1 heterocycles. The third-order valence-electron chi connectivity index (χ3n) is 13.2. The Morgan fingerprint density at radius 2 is 0.853 bits per heavy atom. The van der Waals surface area contributed by atoms with E-state index in [1.165, 1.54) is 83.5 Å². The summed E-state index contributed by atoms with van der Waals surface area (Å²) in [6.07, 6.45) is 51.7. The van der Waals surface area contributed by atoms with Gasteiger partial charge in [0.25, 0.3) is 0 Å². The maximum Gasteiger partial charge on any atom is 0.335 e. The Bertz CT molecular complexity index is 1580. The second-order valence-corrected chi connectivity index (χ2v) is 20.2. The molecule has 0 aromatic rings. The van der Waals surface area contributed by atoms with Crippen molar-refractivity contribution in [1.29, 1.82) is 0 Å². The molecule has 1 aliphatic heterocycles. The molecule has 12 nitrogen and oxygen atoms in total. The van der Waals surface area contributed by atoms with Crippen LogP contribution in [0.15, 0.2) is 72.9 Å². The average Bonchev–Trinajstić information content (AvgIpc) is 3.39. The van der Waals surface area contributed by atoms with Gasteiger partial charge in [0.2, 0.25) is 0 Å². The van der Waals surface area contributed by atoms with Crippen LogP contribution in [0.2, 0.25) is 0 Å². The molecule has 0 spiro atoms. The van der Waals surface area contributed by atoms with E-state index in [-0.39, 0.29) is 25.9 Å². The van der Waals surface area contributed by atoms with Crippen LogP contribution in [0, 0.1) is 0 Å². The van der Waals surface area contributed by atoms with E-state index in [4.69, 9.17) is 23.7 Å². The fourth-order valence-corrected chi connectivity index (χ4v) is 8.63. The number of hydrogen-bond acceptors (Lipinski definition) is 11. The number of aliphatic carboxylic acids is 1. The summed E-state index contributed by atoms with van der Waals surface area (Å²) in [5.41, 5.74) is 0. The monoisotopic (exact) mass is 1050 g/mol. The Balaban J connectivity index is 2.67. The van der Waals surface area contributed by atoms with E-state index in [1.807, 2.05) is 0 Å². The van der Waals surface area contributed by atoms with Crippen LogP contribution in [0.4, 0.5) is 0 Å². The molecule has 1 saturated heterocycles. The number of carboxylic acid groups (broad SMARTS) is 1. The number of aliphatic hydroxyl groups excluding tert-OH is 2. The lowest BCUT2D eigenvalue weighted by molar-refractivity contribution is -0.301. The SMILES string of the molecule is CC/C=C\C/C=C\C/C=C\C/C=C\CCCCC(=O)OCC(COC1OC(C(=O)O)C(O)C(O)C1OC(=O)CCCCCCCCCCC/C=C\CCCCCCCC)OC(=O)CCCCCCC/C=C\CCCC. The molecule has 0 radical (unpaired) electrons. The molecule has 1 aliphatic rings. The highest BCUT2D eigenvalue weighted by Crippen LogP contribution is 2.26. The summed E-state index contributed by atoms with van der Waals surface area (Å²) in [7, 11) is 0. The fraction of sp³-hybridized carbons (Fsp3) is 0.746. The third-order valence-corrected chi connectivity index (χ3v) is 13.2. The molecule has 0 aliphatic carbocycles. The first kappa shape index (κ1) is 69.2. The largest absolute Gasteiger partial charge is 0.479 e. The Labute approximate surface area is 455 Å². The molecular formula is C63H106O12. The highest BCUT2D eigenvalue weighted by molar-refractivity contribution is 5.74. The number of carbonyl (C=O) groups excluding carboxylic acids is 3. The first-order chi connectivity index (χ1) is 36.6. The molecule has 12 heteroatoms. The van der Waals surface area contributed by atoms with E-state index < -0.39 is 67.3 Å². The van der Waals surface area contributed by atoms with E-state index in [0.717, 1.165) is 109 Å². The Morgan fingerprint density at radius 1 is 0.453 bits per heavy atom. The summed E-state index contributed by atoms with van der Waals surface area (Å²) < 4.78 is 28.4. The van der Waals surface area contributed by atoms with Crippen molar-refractivity contribution in [2.75, 3.05) is 13.2 Å². The van der Waals surface area contributed by atoms with Crippen LogP contribution in [-0.4, -0.2) is 89.2 Å². The van der Waals surface area contributed by atoms with Crippen LogP contribution < -0.4 is 0 Å². The molecule has 430 valence electrons. The summed E-state index contributed by atoms with van der Waals surface area (Å²) in [5, 5.41) is 31.5. The van der Waals surface area contributed by atoms with E-state index in [0.29, 0.717) is 19.3 Å². The van der Waals surface area contributed by atoms with E-state index in [1.54, 1.807) is 0 Å². The zero-order valence-electron chi connectivity index (χ0n) is 47.3. The van der Waals surface area contributed by atoms with Crippen molar-refractivity contribution in [3.63, 3.8) is 0 Å². The lowest BCUT2D eigenvalue weighted by Crippen LogP contribution is -2.61. The maximum absolute atomic E-state index is 13.1. The number of esters is 3. The minimum Gasteiger partial charge on any atom is -0.479 e. The number of hydrogen-bond donors (Lipinski definition) is 3. The average molecular weight is 1060 g/mol. The second kappa shape index (κ2) is 50.9. The molecule has 75 heavy (non-hydrogen) atoms. The summed E-state index contributed by atoms with van der Waals surface area (Å²) in [4.78, 5) is 51.1. The van der Waals surface area contributed by atoms with Gasteiger partial charge in [-0.2, -0.15) is 0 Å². The first-order valence-corrected chi connectivity index (χ1v) is 29.9. The van der Waals surface area contributed by atoms with Crippen molar-refractivity contribution in [3.8, 4) is 0 Å². The number of ether oxygens (including phenoxy) is 5. The van der Waals surface area contributed by atoms with Gasteiger partial charge in [0.1, 0.15) is 18.8 Å². The molecule has 0 aromatic carbocycles. The molecule has 6 unspecified atom stereocenters. The maximum atomic E-state index is 13.1. The van der Waals surface area contributed by atoms with Gasteiger partial charge >= 0.3 is 23.9 Å². The van der Waals surface area contributed by atoms with Crippen molar-refractivity contribution in [2.24, 2.45) is 0 Å². The Kier molecular flexibility index (Phi) is 47.0. The molecule has 0 saturated carbocycles. The summed E-state index contributed by atoms with van der Waals surface area (Å²) in [5.74, 6) is -3.19. The normalized spacial score (nSPS) is 18.7. The Morgan fingerprint density at radius 3 is 1.36 bits per heavy atom. The van der Waals surface area contributed by atoms with Crippen molar-refractivity contribution >= 4 is 23.9 Å². The number of allylic oxidation sites excluding steroid dienone is 12. The number of rotatable bonds is 50. The van der Waals surface area contributed by atoms with Crippen LogP contribution >= 0.6 is 0 Å². The first-order valence-electron chi connectivity index (χ1n) is 29.9. The number of carboxylic acids is 1. The zero-order chi connectivity index (χ0) is 54.7. The van der Waals surface area contributed by atoms with Gasteiger partial charge in [0, 0.05) is 19.3 Å². The van der Waals surface area contributed by atoms with E-state index in [2.05, 4.69) is 93.7 Å². The predicted molar refractivity (Wildman–Crippen MR) is 303 cm³/mol. The van der Waals surface area contributed by atoms with Crippen molar-refractivity contribution < 1.29 is 58.2 Å². The fourth-order valence-electron chi connectivity index (χ4n) is 8.63. The predicted octanol–water partition coefficient (Wildman–Crippen LogP) is 15.3. The van der Waals surface area contributed by atoms with Crippen molar-refractivity contribution in [1.82, 2.24) is 0 Å².